The van der Waals surface area contributed by atoms with E-state index in [-0.39, 0.29) is 0 Å². The van der Waals surface area contributed by atoms with Crippen molar-refractivity contribution in [3.63, 3.8) is 0 Å². The minimum atomic E-state index is 0.503. The van der Waals surface area contributed by atoms with Crippen LogP contribution in [0.25, 0.3) is 10.2 Å². The van der Waals surface area contributed by atoms with E-state index in [4.69, 9.17) is 9.47 Å². The maximum absolute atomic E-state index is 5.69. The lowest BCUT2D eigenvalue weighted by atomic mass is 10.4. The van der Waals surface area contributed by atoms with Crippen molar-refractivity contribution in [3.05, 3.63) is 11.4 Å². The highest BCUT2D eigenvalue weighted by Crippen LogP contribution is 2.28. The van der Waals surface area contributed by atoms with Crippen LogP contribution < -0.4 is 10.1 Å². The van der Waals surface area contributed by atoms with Crippen LogP contribution in [-0.2, 0) is 4.74 Å². The van der Waals surface area contributed by atoms with Gasteiger partial charge in [0, 0.05) is 13.2 Å². The van der Waals surface area contributed by atoms with Crippen molar-refractivity contribution >= 4 is 27.5 Å². The van der Waals surface area contributed by atoms with Crippen molar-refractivity contribution < 1.29 is 9.47 Å². The van der Waals surface area contributed by atoms with Crippen molar-refractivity contribution in [3.8, 4) is 5.88 Å². The summed E-state index contributed by atoms with van der Waals surface area (Å²) >= 11 is 1.59. The first-order valence-corrected chi connectivity index (χ1v) is 7.42. The fraction of sp³-hybridized carbons (Fsp3) is 0.538. The summed E-state index contributed by atoms with van der Waals surface area (Å²) in [6.07, 6.45) is 1.03. The quantitative estimate of drug-likeness (QED) is 0.754. The van der Waals surface area contributed by atoms with E-state index < -0.39 is 0 Å². The number of hydrogen-bond donors (Lipinski definition) is 1. The molecule has 2 rings (SSSR count). The van der Waals surface area contributed by atoms with E-state index in [1.807, 2.05) is 18.4 Å². The minimum Gasteiger partial charge on any atom is -0.475 e. The Morgan fingerprint density at radius 3 is 2.95 bits per heavy atom. The van der Waals surface area contributed by atoms with E-state index in [0.29, 0.717) is 31.6 Å². The van der Waals surface area contributed by atoms with E-state index in [0.717, 1.165) is 23.2 Å². The van der Waals surface area contributed by atoms with E-state index >= 15 is 0 Å². The summed E-state index contributed by atoms with van der Waals surface area (Å²) < 4.78 is 11.0. The van der Waals surface area contributed by atoms with Gasteiger partial charge in [-0.1, -0.05) is 6.92 Å². The van der Waals surface area contributed by atoms with Gasteiger partial charge in [-0.3, -0.25) is 0 Å². The number of thiophene rings is 1. The van der Waals surface area contributed by atoms with Crippen LogP contribution >= 0.6 is 11.3 Å². The summed E-state index contributed by atoms with van der Waals surface area (Å²) in [5, 5.41) is 6.15. The molecule has 104 valence electrons. The molecule has 2 heterocycles. The first-order chi connectivity index (χ1) is 9.35. The Labute approximate surface area is 117 Å². The van der Waals surface area contributed by atoms with Crippen LogP contribution in [0, 0.1) is 0 Å². The number of nitrogens with zero attached hydrogens (tertiary/aromatic N) is 2. The van der Waals surface area contributed by atoms with Crippen LogP contribution in [-0.4, -0.2) is 36.3 Å². The molecule has 0 aliphatic heterocycles. The number of ether oxygens (including phenoxy) is 2. The Morgan fingerprint density at radius 2 is 2.16 bits per heavy atom. The van der Waals surface area contributed by atoms with Gasteiger partial charge in [-0.05, 0) is 24.8 Å². The molecule has 19 heavy (non-hydrogen) atoms. The Morgan fingerprint density at radius 1 is 1.26 bits per heavy atom. The molecule has 0 spiro atoms. The molecule has 0 aromatic carbocycles. The fourth-order valence-electron chi connectivity index (χ4n) is 1.60. The van der Waals surface area contributed by atoms with E-state index in [1.54, 1.807) is 11.3 Å². The normalized spacial score (nSPS) is 10.8. The third-order valence-corrected chi connectivity index (χ3v) is 3.30. The van der Waals surface area contributed by atoms with Crippen molar-refractivity contribution in [1.29, 1.82) is 0 Å². The van der Waals surface area contributed by atoms with Gasteiger partial charge >= 0.3 is 0 Å². The summed E-state index contributed by atoms with van der Waals surface area (Å²) in [5.41, 5.74) is 0. The first-order valence-electron chi connectivity index (χ1n) is 6.54. The predicted molar refractivity (Wildman–Crippen MR) is 78.2 cm³/mol. The highest BCUT2D eigenvalue weighted by atomic mass is 32.1. The molecule has 6 heteroatoms. The van der Waals surface area contributed by atoms with Gasteiger partial charge in [-0.15, -0.1) is 11.3 Å². The lowest BCUT2D eigenvalue weighted by molar-refractivity contribution is 0.109. The van der Waals surface area contributed by atoms with Crippen LogP contribution in [0.5, 0.6) is 5.88 Å². The number of aromatic nitrogens is 2. The second kappa shape index (κ2) is 7.25. The van der Waals surface area contributed by atoms with E-state index in [2.05, 4.69) is 22.2 Å². The molecule has 5 nitrogen and oxygen atoms in total. The number of hydrogen-bond acceptors (Lipinski definition) is 6. The first kappa shape index (κ1) is 14.0. The van der Waals surface area contributed by atoms with Gasteiger partial charge in [0.2, 0.25) is 11.8 Å². The molecule has 0 aliphatic carbocycles. The van der Waals surface area contributed by atoms with Gasteiger partial charge in [0.05, 0.1) is 12.0 Å². The molecule has 0 amide bonds. The average molecular weight is 281 g/mol. The van der Waals surface area contributed by atoms with Crippen molar-refractivity contribution in [1.82, 2.24) is 9.97 Å². The van der Waals surface area contributed by atoms with Crippen molar-refractivity contribution in [2.45, 2.75) is 20.3 Å². The topological polar surface area (TPSA) is 56.3 Å². The molecular formula is C13H19N3O2S. The zero-order chi connectivity index (χ0) is 13.5. The van der Waals surface area contributed by atoms with Crippen molar-refractivity contribution in [2.24, 2.45) is 0 Å². The Balaban J connectivity index is 2.12. The standard InChI is InChI=1S/C13H19N3O2S/c1-3-6-14-13-15-11(18-8-7-17-4-2)10-5-9-19-12(10)16-13/h5,9H,3-4,6-8H2,1-2H3,(H,14,15,16). The van der Waals surface area contributed by atoms with Gasteiger partial charge < -0.3 is 14.8 Å². The molecule has 0 aliphatic rings. The van der Waals surface area contributed by atoms with Crippen LogP contribution in [0.15, 0.2) is 11.4 Å². The summed E-state index contributed by atoms with van der Waals surface area (Å²) in [5.74, 6) is 1.26. The molecule has 0 bridgehead atoms. The second-order valence-electron chi connectivity index (χ2n) is 3.96. The third kappa shape index (κ3) is 3.78. The largest absolute Gasteiger partial charge is 0.475 e. The van der Waals surface area contributed by atoms with Gasteiger partial charge in [0.25, 0.3) is 0 Å². The zero-order valence-corrected chi connectivity index (χ0v) is 12.1. The molecule has 0 atom stereocenters. The van der Waals surface area contributed by atoms with Crippen LogP contribution in [0.1, 0.15) is 20.3 Å². The molecule has 0 radical (unpaired) electrons. The Kier molecular flexibility index (Phi) is 5.35. The number of fused-ring (bicyclic) bond motifs is 1. The molecule has 1 N–H and O–H groups in total. The smallest absolute Gasteiger partial charge is 0.227 e. The van der Waals surface area contributed by atoms with Gasteiger partial charge in [0.1, 0.15) is 11.4 Å². The highest BCUT2D eigenvalue weighted by Gasteiger charge is 2.09. The zero-order valence-electron chi connectivity index (χ0n) is 11.3. The molecule has 2 aromatic rings. The summed E-state index contributed by atoms with van der Waals surface area (Å²) in [6.45, 7) is 6.71. The number of rotatable bonds is 8. The summed E-state index contributed by atoms with van der Waals surface area (Å²) in [7, 11) is 0. The van der Waals surface area contributed by atoms with Gasteiger partial charge in [-0.2, -0.15) is 4.98 Å². The average Bonchev–Trinajstić information content (AvgIpc) is 2.89. The Hall–Kier alpha value is -1.40. The number of anilines is 1. The van der Waals surface area contributed by atoms with Crippen LogP contribution in [0.2, 0.25) is 0 Å². The lowest BCUT2D eigenvalue weighted by Crippen LogP contribution is -2.09. The van der Waals surface area contributed by atoms with E-state index in [9.17, 15) is 0 Å². The predicted octanol–water partition coefficient (Wildman–Crippen LogP) is 2.93. The highest BCUT2D eigenvalue weighted by molar-refractivity contribution is 7.16. The molecular weight excluding hydrogens is 262 g/mol. The van der Waals surface area contributed by atoms with Gasteiger partial charge in [-0.25, -0.2) is 4.98 Å². The minimum absolute atomic E-state index is 0.503. The molecule has 0 saturated heterocycles. The van der Waals surface area contributed by atoms with Crippen LogP contribution in [0.4, 0.5) is 5.95 Å². The van der Waals surface area contributed by atoms with Crippen molar-refractivity contribution in [2.75, 3.05) is 31.7 Å². The Bertz CT molecular complexity index is 516. The maximum atomic E-state index is 5.69. The molecule has 0 fully saturated rings. The van der Waals surface area contributed by atoms with Gasteiger partial charge in [0.15, 0.2) is 0 Å². The van der Waals surface area contributed by atoms with E-state index in [1.165, 1.54) is 0 Å². The summed E-state index contributed by atoms with van der Waals surface area (Å²) in [4.78, 5) is 9.82. The maximum Gasteiger partial charge on any atom is 0.227 e. The molecule has 0 saturated carbocycles. The number of nitrogens with one attached hydrogen (secondary N) is 1. The second-order valence-corrected chi connectivity index (χ2v) is 4.86. The molecule has 0 unspecified atom stereocenters. The van der Waals surface area contributed by atoms with Crippen LogP contribution in [0.3, 0.4) is 0 Å². The fourth-order valence-corrected chi connectivity index (χ4v) is 2.35. The SMILES string of the molecule is CCCNc1nc(OCCOCC)c2ccsc2n1. The lowest BCUT2D eigenvalue weighted by Gasteiger charge is -2.09. The monoisotopic (exact) mass is 281 g/mol. The third-order valence-electron chi connectivity index (χ3n) is 2.49. The summed E-state index contributed by atoms with van der Waals surface area (Å²) in [6, 6.07) is 1.99. The molecule has 2 aromatic heterocycles.